The number of alkyl halides is 3. The molecule has 1 aromatic rings. The molecular weight excluding hydrogens is 305 g/mol. The Labute approximate surface area is 125 Å². The lowest BCUT2D eigenvalue weighted by Gasteiger charge is -2.23. The Bertz CT molecular complexity index is 483. The van der Waals surface area contributed by atoms with Gasteiger partial charge in [-0.1, -0.05) is 6.07 Å². The van der Waals surface area contributed by atoms with E-state index in [9.17, 15) is 23.3 Å². The Morgan fingerprint density at radius 2 is 1.95 bits per heavy atom. The molecule has 0 unspecified atom stereocenters. The average Bonchev–Trinajstić information content (AvgIpc) is 2.43. The first-order valence-corrected chi connectivity index (χ1v) is 6.47. The van der Waals surface area contributed by atoms with E-state index in [2.05, 4.69) is 0 Å². The number of non-ortho nitro benzene ring substituents is 1. The van der Waals surface area contributed by atoms with Crippen LogP contribution >= 0.6 is 0 Å². The fraction of sp³-hybridized carbons (Fsp3) is 0.538. The monoisotopic (exact) mass is 322 g/mol. The number of rotatable bonds is 9. The normalized spacial score (nSPS) is 11.7. The molecule has 0 radical (unpaired) electrons. The summed E-state index contributed by atoms with van der Waals surface area (Å²) in [6.07, 6.45) is -4.31. The molecule has 0 aliphatic carbocycles. The van der Waals surface area contributed by atoms with Crippen molar-refractivity contribution in [3.63, 3.8) is 0 Å². The van der Waals surface area contributed by atoms with Crippen LogP contribution in [0.3, 0.4) is 0 Å². The van der Waals surface area contributed by atoms with Gasteiger partial charge in [0.2, 0.25) is 0 Å². The molecule has 0 fully saturated rings. The number of hydrogen-bond acceptors (Lipinski definition) is 5. The van der Waals surface area contributed by atoms with Gasteiger partial charge < -0.3 is 9.47 Å². The van der Waals surface area contributed by atoms with Gasteiger partial charge in [-0.25, -0.2) is 0 Å². The molecule has 0 saturated carbocycles. The molecule has 0 spiro atoms. The van der Waals surface area contributed by atoms with Crippen molar-refractivity contribution in [2.24, 2.45) is 0 Å². The zero-order valence-electron chi connectivity index (χ0n) is 12.0. The average molecular weight is 322 g/mol. The lowest BCUT2D eigenvalue weighted by Crippen LogP contribution is -2.39. The van der Waals surface area contributed by atoms with Crippen molar-refractivity contribution in [2.75, 3.05) is 40.0 Å². The molecule has 0 heterocycles. The summed E-state index contributed by atoms with van der Waals surface area (Å²) in [4.78, 5) is 11.2. The SMILES string of the molecule is COCCN(CCOc1cccc([N+](=O)[O-])c1)CC(F)(F)F. The van der Waals surface area contributed by atoms with Crippen molar-refractivity contribution < 1.29 is 27.6 Å². The van der Waals surface area contributed by atoms with Gasteiger partial charge in [-0.2, -0.15) is 13.2 Å². The standard InChI is InChI=1S/C13H17F3N2O4/c1-21-7-5-17(10-13(14,15)16)6-8-22-12-4-2-3-11(9-12)18(19)20/h2-4,9H,5-8,10H2,1H3. The summed E-state index contributed by atoms with van der Waals surface area (Å²) < 4.78 is 47.3. The maximum atomic E-state index is 12.4. The van der Waals surface area contributed by atoms with E-state index in [0.717, 1.165) is 4.90 Å². The second-order valence-corrected chi connectivity index (χ2v) is 4.49. The Morgan fingerprint density at radius 3 is 2.55 bits per heavy atom. The van der Waals surface area contributed by atoms with E-state index >= 15 is 0 Å². The number of benzene rings is 1. The van der Waals surface area contributed by atoms with Crippen molar-refractivity contribution in [2.45, 2.75) is 6.18 Å². The van der Waals surface area contributed by atoms with Crippen LogP contribution in [-0.2, 0) is 4.74 Å². The van der Waals surface area contributed by atoms with Crippen LogP contribution in [0.15, 0.2) is 24.3 Å². The van der Waals surface area contributed by atoms with E-state index in [1.807, 2.05) is 0 Å². The predicted octanol–water partition coefficient (Wildman–Crippen LogP) is 2.48. The van der Waals surface area contributed by atoms with E-state index in [-0.39, 0.29) is 37.7 Å². The maximum absolute atomic E-state index is 12.4. The van der Waals surface area contributed by atoms with Gasteiger partial charge in [0.05, 0.1) is 24.1 Å². The van der Waals surface area contributed by atoms with Crippen LogP contribution in [0.2, 0.25) is 0 Å². The molecule has 0 N–H and O–H groups in total. The second-order valence-electron chi connectivity index (χ2n) is 4.49. The molecule has 0 aliphatic heterocycles. The van der Waals surface area contributed by atoms with Crippen LogP contribution in [0.5, 0.6) is 5.75 Å². The third-order valence-corrected chi connectivity index (χ3v) is 2.72. The van der Waals surface area contributed by atoms with Crippen LogP contribution in [-0.4, -0.2) is 56.0 Å². The summed E-state index contributed by atoms with van der Waals surface area (Å²) in [5.74, 6) is 0.243. The van der Waals surface area contributed by atoms with E-state index in [4.69, 9.17) is 9.47 Å². The molecular formula is C13H17F3N2O4. The number of halogens is 3. The van der Waals surface area contributed by atoms with Crippen LogP contribution < -0.4 is 4.74 Å². The molecule has 6 nitrogen and oxygen atoms in total. The van der Waals surface area contributed by atoms with Crippen LogP contribution in [0.25, 0.3) is 0 Å². The van der Waals surface area contributed by atoms with Crippen molar-refractivity contribution in [3.05, 3.63) is 34.4 Å². The van der Waals surface area contributed by atoms with Crippen LogP contribution in [0.1, 0.15) is 0 Å². The summed E-state index contributed by atoms with van der Waals surface area (Å²) >= 11 is 0. The van der Waals surface area contributed by atoms with Gasteiger partial charge in [-0.05, 0) is 6.07 Å². The minimum atomic E-state index is -4.31. The molecule has 0 amide bonds. The lowest BCUT2D eigenvalue weighted by molar-refractivity contribution is -0.384. The van der Waals surface area contributed by atoms with Gasteiger partial charge in [0, 0.05) is 26.3 Å². The van der Waals surface area contributed by atoms with Gasteiger partial charge in [0.25, 0.3) is 5.69 Å². The minimum absolute atomic E-state index is 0.0129. The van der Waals surface area contributed by atoms with E-state index < -0.39 is 17.6 Å². The van der Waals surface area contributed by atoms with Gasteiger partial charge in [-0.15, -0.1) is 0 Å². The molecule has 0 aliphatic rings. The fourth-order valence-corrected chi connectivity index (χ4v) is 1.72. The number of ether oxygens (including phenoxy) is 2. The summed E-state index contributed by atoms with van der Waals surface area (Å²) in [6, 6.07) is 5.49. The Balaban J connectivity index is 2.50. The van der Waals surface area contributed by atoms with E-state index in [1.165, 1.54) is 31.4 Å². The first-order chi connectivity index (χ1) is 10.3. The molecule has 0 atom stereocenters. The Kier molecular flexibility index (Phi) is 7.06. The van der Waals surface area contributed by atoms with E-state index in [1.54, 1.807) is 0 Å². The summed E-state index contributed by atoms with van der Waals surface area (Å²) in [5.41, 5.74) is -0.135. The zero-order chi connectivity index (χ0) is 16.6. The third kappa shape index (κ3) is 7.23. The van der Waals surface area contributed by atoms with Crippen molar-refractivity contribution >= 4 is 5.69 Å². The third-order valence-electron chi connectivity index (χ3n) is 2.72. The van der Waals surface area contributed by atoms with Crippen molar-refractivity contribution in [1.82, 2.24) is 4.90 Å². The molecule has 1 aromatic carbocycles. The highest BCUT2D eigenvalue weighted by molar-refractivity contribution is 5.37. The summed E-state index contributed by atoms with van der Waals surface area (Å²) in [7, 11) is 1.41. The van der Waals surface area contributed by atoms with Gasteiger partial charge in [-0.3, -0.25) is 15.0 Å². The number of nitrogens with zero attached hydrogens (tertiary/aromatic N) is 2. The van der Waals surface area contributed by atoms with Crippen LogP contribution in [0.4, 0.5) is 18.9 Å². The molecule has 1 rings (SSSR count). The van der Waals surface area contributed by atoms with Gasteiger partial charge in [0.15, 0.2) is 0 Å². The summed E-state index contributed by atoms with van der Waals surface area (Å²) in [6.45, 7) is -0.748. The fourth-order valence-electron chi connectivity index (χ4n) is 1.72. The Morgan fingerprint density at radius 1 is 1.27 bits per heavy atom. The molecule has 22 heavy (non-hydrogen) atoms. The number of hydrogen-bond donors (Lipinski definition) is 0. The van der Waals surface area contributed by atoms with E-state index in [0.29, 0.717) is 0 Å². The first kappa shape index (κ1) is 18.2. The largest absolute Gasteiger partial charge is 0.492 e. The summed E-state index contributed by atoms with van der Waals surface area (Å²) in [5, 5.41) is 10.6. The van der Waals surface area contributed by atoms with Crippen molar-refractivity contribution in [3.8, 4) is 5.75 Å². The topological polar surface area (TPSA) is 64.8 Å². The minimum Gasteiger partial charge on any atom is -0.492 e. The first-order valence-electron chi connectivity index (χ1n) is 6.47. The number of nitro benzene ring substituents is 1. The Hall–Kier alpha value is -1.87. The zero-order valence-corrected chi connectivity index (χ0v) is 12.0. The van der Waals surface area contributed by atoms with Gasteiger partial charge >= 0.3 is 6.18 Å². The molecule has 0 aromatic heterocycles. The predicted molar refractivity (Wildman–Crippen MR) is 73.0 cm³/mol. The highest BCUT2D eigenvalue weighted by Crippen LogP contribution is 2.19. The maximum Gasteiger partial charge on any atom is 0.401 e. The van der Waals surface area contributed by atoms with Crippen LogP contribution in [0, 0.1) is 10.1 Å². The lowest BCUT2D eigenvalue weighted by atomic mass is 10.3. The smallest absolute Gasteiger partial charge is 0.401 e. The quantitative estimate of drug-likeness (QED) is 0.516. The van der Waals surface area contributed by atoms with Gasteiger partial charge in [0.1, 0.15) is 12.4 Å². The van der Waals surface area contributed by atoms with Crippen molar-refractivity contribution in [1.29, 1.82) is 0 Å². The highest BCUT2D eigenvalue weighted by atomic mass is 19.4. The highest BCUT2D eigenvalue weighted by Gasteiger charge is 2.30. The molecule has 0 saturated heterocycles. The molecule has 124 valence electrons. The molecule has 9 heteroatoms. The second kappa shape index (κ2) is 8.54. The molecule has 0 bridgehead atoms. The number of methoxy groups -OCH3 is 1. The number of nitro groups is 1.